The fourth-order valence-corrected chi connectivity index (χ4v) is 4.13. The number of hydrogen-bond acceptors (Lipinski definition) is 2. The summed E-state index contributed by atoms with van der Waals surface area (Å²) in [7, 11) is 0. The van der Waals surface area contributed by atoms with Crippen molar-refractivity contribution in [1.29, 1.82) is 0 Å². The summed E-state index contributed by atoms with van der Waals surface area (Å²) < 4.78 is 0. The third-order valence-electron chi connectivity index (χ3n) is 5.62. The van der Waals surface area contributed by atoms with Crippen LogP contribution in [-0.2, 0) is 0 Å². The molecule has 0 aromatic heterocycles. The molecule has 112 valence electrons. The molecule has 0 aromatic rings. The number of rotatable bonds is 7. The van der Waals surface area contributed by atoms with Crippen molar-refractivity contribution in [2.24, 2.45) is 11.8 Å². The first-order chi connectivity index (χ1) is 9.24. The lowest BCUT2D eigenvalue weighted by Gasteiger charge is -2.26. The highest BCUT2D eigenvalue weighted by Crippen LogP contribution is 2.37. The lowest BCUT2D eigenvalue weighted by atomic mass is 9.82. The summed E-state index contributed by atoms with van der Waals surface area (Å²) in [6, 6.07) is 0.807. The van der Waals surface area contributed by atoms with Crippen LogP contribution in [0, 0.1) is 11.8 Å². The normalized spacial score (nSPS) is 29.7. The minimum absolute atomic E-state index is 0.807. The molecule has 0 amide bonds. The Morgan fingerprint density at radius 2 is 1.63 bits per heavy atom. The lowest BCUT2D eigenvalue weighted by molar-refractivity contribution is 0.217. The van der Waals surface area contributed by atoms with E-state index >= 15 is 0 Å². The molecule has 2 rings (SSSR count). The van der Waals surface area contributed by atoms with Crippen molar-refractivity contribution in [2.75, 3.05) is 32.7 Å². The van der Waals surface area contributed by atoms with E-state index < -0.39 is 0 Å². The van der Waals surface area contributed by atoms with Crippen LogP contribution in [0.3, 0.4) is 0 Å². The lowest BCUT2D eigenvalue weighted by Crippen LogP contribution is -2.32. The summed E-state index contributed by atoms with van der Waals surface area (Å²) in [5, 5.41) is 0. The summed E-state index contributed by atoms with van der Waals surface area (Å²) in [5.41, 5.74) is 0. The zero-order chi connectivity index (χ0) is 13.7. The maximum atomic E-state index is 2.79. The van der Waals surface area contributed by atoms with Crippen LogP contribution >= 0.6 is 0 Å². The molecule has 2 fully saturated rings. The van der Waals surface area contributed by atoms with Gasteiger partial charge in [-0.05, 0) is 64.1 Å². The summed E-state index contributed by atoms with van der Waals surface area (Å²) in [5.74, 6) is 2.08. The minimum atomic E-state index is 0.807. The first-order valence-electron chi connectivity index (χ1n) is 8.71. The average molecular weight is 266 g/mol. The van der Waals surface area contributed by atoms with Crippen LogP contribution < -0.4 is 0 Å². The van der Waals surface area contributed by atoms with Crippen molar-refractivity contribution >= 4 is 0 Å². The molecule has 19 heavy (non-hydrogen) atoms. The van der Waals surface area contributed by atoms with Crippen LogP contribution in [0.15, 0.2) is 0 Å². The van der Waals surface area contributed by atoms with Crippen LogP contribution in [0.2, 0.25) is 0 Å². The van der Waals surface area contributed by atoms with E-state index in [1.54, 1.807) is 0 Å². The second-order valence-corrected chi connectivity index (χ2v) is 6.78. The molecule has 0 radical (unpaired) electrons. The minimum Gasteiger partial charge on any atom is -0.304 e. The number of likely N-dealkylation sites (tertiary alicyclic amines) is 1. The molecule has 1 saturated carbocycles. The molecule has 1 aliphatic heterocycles. The van der Waals surface area contributed by atoms with E-state index in [2.05, 4.69) is 30.6 Å². The highest BCUT2D eigenvalue weighted by atomic mass is 15.2. The zero-order valence-electron chi connectivity index (χ0n) is 13.4. The molecule has 1 aliphatic carbocycles. The van der Waals surface area contributed by atoms with Gasteiger partial charge in [0.2, 0.25) is 0 Å². The van der Waals surface area contributed by atoms with Crippen LogP contribution in [0.1, 0.15) is 59.3 Å². The van der Waals surface area contributed by atoms with Crippen LogP contribution in [0.25, 0.3) is 0 Å². The van der Waals surface area contributed by atoms with Gasteiger partial charge in [0.25, 0.3) is 0 Å². The second kappa shape index (κ2) is 7.64. The smallest absolute Gasteiger partial charge is 0.00676 e. The van der Waals surface area contributed by atoms with Crippen molar-refractivity contribution < 1.29 is 0 Å². The van der Waals surface area contributed by atoms with Gasteiger partial charge in [-0.2, -0.15) is 0 Å². The van der Waals surface area contributed by atoms with Gasteiger partial charge in [0.1, 0.15) is 0 Å². The molecule has 0 unspecified atom stereocenters. The van der Waals surface area contributed by atoms with Crippen molar-refractivity contribution in [2.45, 2.75) is 65.3 Å². The van der Waals surface area contributed by atoms with Gasteiger partial charge in [-0.1, -0.05) is 26.7 Å². The van der Waals surface area contributed by atoms with Gasteiger partial charge in [0.15, 0.2) is 0 Å². The largest absolute Gasteiger partial charge is 0.304 e. The van der Waals surface area contributed by atoms with Crippen LogP contribution in [-0.4, -0.2) is 48.6 Å². The molecule has 0 bridgehead atoms. The zero-order valence-corrected chi connectivity index (χ0v) is 13.4. The first-order valence-corrected chi connectivity index (χ1v) is 8.71. The molecule has 1 saturated heterocycles. The number of nitrogens with zero attached hydrogens (tertiary/aromatic N) is 2. The highest BCUT2D eigenvalue weighted by Gasteiger charge is 2.35. The summed E-state index contributed by atoms with van der Waals surface area (Å²) in [4.78, 5) is 5.35. The Morgan fingerprint density at radius 1 is 1.05 bits per heavy atom. The maximum Gasteiger partial charge on any atom is 0.00676 e. The predicted molar refractivity (Wildman–Crippen MR) is 83.5 cm³/mol. The third-order valence-corrected chi connectivity index (χ3v) is 5.62. The van der Waals surface area contributed by atoms with Crippen molar-refractivity contribution in [1.82, 2.24) is 9.80 Å². The van der Waals surface area contributed by atoms with Gasteiger partial charge in [0, 0.05) is 19.1 Å². The fourth-order valence-electron chi connectivity index (χ4n) is 4.13. The Labute approximate surface area is 120 Å². The van der Waals surface area contributed by atoms with Gasteiger partial charge in [0.05, 0.1) is 0 Å². The average Bonchev–Trinajstić information content (AvgIpc) is 2.87. The van der Waals surface area contributed by atoms with E-state index in [4.69, 9.17) is 0 Å². The number of hydrogen-bond donors (Lipinski definition) is 0. The van der Waals surface area contributed by atoms with E-state index in [-0.39, 0.29) is 0 Å². The summed E-state index contributed by atoms with van der Waals surface area (Å²) >= 11 is 0. The topological polar surface area (TPSA) is 6.48 Å². The molecule has 2 nitrogen and oxygen atoms in total. The molecule has 0 aromatic carbocycles. The van der Waals surface area contributed by atoms with E-state index in [1.807, 2.05) is 0 Å². The maximum absolute atomic E-state index is 2.79. The van der Waals surface area contributed by atoms with E-state index in [0.717, 1.165) is 17.9 Å². The van der Waals surface area contributed by atoms with Crippen molar-refractivity contribution in [3.8, 4) is 0 Å². The van der Waals surface area contributed by atoms with E-state index in [0.29, 0.717) is 0 Å². The molecule has 3 atom stereocenters. The van der Waals surface area contributed by atoms with Gasteiger partial charge in [-0.25, -0.2) is 0 Å². The van der Waals surface area contributed by atoms with Crippen LogP contribution in [0.5, 0.6) is 0 Å². The van der Waals surface area contributed by atoms with E-state index in [9.17, 15) is 0 Å². The molecular weight excluding hydrogens is 232 g/mol. The summed E-state index contributed by atoms with van der Waals surface area (Å²) in [6.07, 6.45) is 8.75. The third kappa shape index (κ3) is 4.19. The molecule has 2 aliphatic rings. The SMILES string of the molecule is CCN(CC)CCC[C@@H](C)N1C[C@H]2CCCC[C@H]2C1. The van der Waals surface area contributed by atoms with E-state index in [1.165, 1.54) is 71.2 Å². The Kier molecular flexibility index (Phi) is 6.15. The summed E-state index contributed by atoms with van der Waals surface area (Å²) in [6.45, 7) is 13.5. The second-order valence-electron chi connectivity index (χ2n) is 6.78. The molecule has 2 heteroatoms. The quantitative estimate of drug-likeness (QED) is 0.694. The standard InChI is InChI=1S/C17H34N2/c1-4-18(5-2)12-8-9-15(3)19-13-16-10-6-7-11-17(16)14-19/h15-17H,4-14H2,1-3H3/t15-,16-,17+/m1/s1. The molecule has 0 spiro atoms. The van der Waals surface area contributed by atoms with Gasteiger partial charge >= 0.3 is 0 Å². The Hall–Kier alpha value is -0.0800. The molecule has 1 heterocycles. The fraction of sp³-hybridized carbons (Fsp3) is 1.00. The monoisotopic (exact) mass is 266 g/mol. The van der Waals surface area contributed by atoms with Gasteiger partial charge in [-0.15, -0.1) is 0 Å². The first kappa shape index (κ1) is 15.3. The molecular formula is C17H34N2. The highest BCUT2D eigenvalue weighted by molar-refractivity contribution is 4.88. The Balaban J connectivity index is 1.67. The van der Waals surface area contributed by atoms with Crippen molar-refractivity contribution in [3.05, 3.63) is 0 Å². The van der Waals surface area contributed by atoms with Crippen molar-refractivity contribution in [3.63, 3.8) is 0 Å². The Morgan fingerprint density at radius 3 is 2.16 bits per heavy atom. The predicted octanol–water partition coefficient (Wildman–Crippen LogP) is 3.62. The van der Waals surface area contributed by atoms with Gasteiger partial charge in [-0.3, -0.25) is 0 Å². The van der Waals surface area contributed by atoms with Crippen LogP contribution in [0.4, 0.5) is 0 Å². The number of fused-ring (bicyclic) bond motifs is 1. The van der Waals surface area contributed by atoms with Gasteiger partial charge < -0.3 is 9.80 Å². The molecule has 0 N–H and O–H groups in total. The Bertz CT molecular complexity index is 236.